The van der Waals surface area contributed by atoms with Crippen molar-refractivity contribution >= 4 is 11.9 Å². The average molecular weight is 326 g/mol. The number of carbonyl (C=O) groups is 2. The second kappa shape index (κ2) is 9.50. The second-order valence-electron chi connectivity index (χ2n) is 5.44. The van der Waals surface area contributed by atoms with Crippen LogP contribution in [0.2, 0.25) is 0 Å². The molecule has 2 rings (SSSR count). The molecule has 0 amide bonds. The molecule has 0 saturated carbocycles. The number of unbranched alkanes of at least 4 members (excludes halogenated alkanes) is 2. The monoisotopic (exact) mass is 326 g/mol. The summed E-state index contributed by atoms with van der Waals surface area (Å²) < 4.78 is 10.7. The molecule has 0 aromatic heterocycles. The quantitative estimate of drug-likeness (QED) is 0.535. The molecule has 0 fully saturated rings. The Balaban J connectivity index is 2.08. The highest BCUT2D eigenvalue weighted by Crippen LogP contribution is 2.21. The van der Waals surface area contributed by atoms with Crippen LogP contribution < -0.4 is 0 Å². The van der Waals surface area contributed by atoms with Gasteiger partial charge in [0.2, 0.25) is 6.10 Å². The second-order valence-corrected chi connectivity index (χ2v) is 5.44. The molecule has 2 aromatic carbocycles. The SMILES string of the molecule is CCCCCOC(=O)C(OC(=O)c1ccccc1)c1ccccc1. The molecule has 24 heavy (non-hydrogen) atoms. The van der Waals surface area contributed by atoms with Crippen LogP contribution in [0.3, 0.4) is 0 Å². The first kappa shape index (κ1) is 17.7. The van der Waals surface area contributed by atoms with E-state index in [-0.39, 0.29) is 0 Å². The Hall–Kier alpha value is -2.62. The number of hydrogen-bond donors (Lipinski definition) is 0. The molecule has 2 aromatic rings. The van der Waals surface area contributed by atoms with Gasteiger partial charge in [0.15, 0.2) is 0 Å². The largest absolute Gasteiger partial charge is 0.463 e. The van der Waals surface area contributed by atoms with Crippen molar-refractivity contribution in [2.75, 3.05) is 6.61 Å². The van der Waals surface area contributed by atoms with Gasteiger partial charge in [-0.1, -0.05) is 68.3 Å². The van der Waals surface area contributed by atoms with E-state index in [1.54, 1.807) is 48.5 Å². The van der Waals surface area contributed by atoms with Gasteiger partial charge in [-0.2, -0.15) is 0 Å². The molecule has 0 saturated heterocycles. The molecule has 0 heterocycles. The van der Waals surface area contributed by atoms with E-state index in [0.29, 0.717) is 17.7 Å². The number of benzene rings is 2. The van der Waals surface area contributed by atoms with Crippen LogP contribution in [0.25, 0.3) is 0 Å². The molecule has 0 spiro atoms. The molecule has 1 unspecified atom stereocenters. The van der Waals surface area contributed by atoms with E-state index in [0.717, 1.165) is 19.3 Å². The predicted molar refractivity (Wildman–Crippen MR) is 91.5 cm³/mol. The fourth-order valence-electron chi connectivity index (χ4n) is 2.23. The number of hydrogen-bond acceptors (Lipinski definition) is 4. The van der Waals surface area contributed by atoms with Crippen molar-refractivity contribution in [1.29, 1.82) is 0 Å². The minimum Gasteiger partial charge on any atom is -0.463 e. The summed E-state index contributed by atoms with van der Waals surface area (Å²) in [6, 6.07) is 17.5. The highest BCUT2D eigenvalue weighted by molar-refractivity contribution is 5.91. The summed E-state index contributed by atoms with van der Waals surface area (Å²) in [7, 11) is 0. The van der Waals surface area contributed by atoms with E-state index in [2.05, 4.69) is 6.92 Å². The highest BCUT2D eigenvalue weighted by Gasteiger charge is 2.27. The van der Waals surface area contributed by atoms with Gasteiger partial charge in [0, 0.05) is 5.56 Å². The average Bonchev–Trinajstić information content (AvgIpc) is 2.64. The number of ether oxygens (including phenoxy) is 2. The zero-order valence-electron chi connectivity index (χ0n) is 13.8. The Kier molecular flexibility index (Phi) is 7.02. The fourth-order valence-corrected chi connectivity index (χ4v) is 2.23. The summed E-state index contributed by atoms with van der Waals surface area (Å²) in [6.45, 7) is 2.41. The standard InChI is InChI=1S/C20H22O4/c1-2-3-10-15-23-20(22)18(16-11-6-4-7-12-16)24-19(21)17-13-8-5-9-14-17/h4-9,11-14,18H,2-3,10,15H2,1H3. The summed E-state index contributed by atoms with van der Waals surface area (Å²) in [4.78, 5) is 24.7. The van der Waals surface area contributed by atoms with Gasteiger partial charge in [0.25, 0.3) is 0 Å². The van der Waals surface area contributed by atoms with E-state index in [1.165, 1.54) is 0 Å². The third kappa shape index (κ3) is 5.23. The van der Waals surface area contributed by atoms with Gasteiger partial charge >= 0.3 is 11.9 Å². The first-order valence-corrected chi connectivity index (χ1v) is 8.20. The van der Waals surface area contributed by atoms with Crippen molar-refractivity contribution in [2.45, 2.75) is 32.3 Å². The van der Waals surface area contributed by atoms with Crippen LogP contribution in [0, 0.1) is 0 Å². The summed E-state index contributed by atoms with van der Waals surface area (Å²) in [5, 5.41) is 0. The van der Waals surface area contributed by atoms with E-state index in [9.17, 15) is 9.59 Å². The van der Waals surface area contributed by atoms with Crippen LogP contribution in [0.15, 0.2) is 60.7 Å². The van der Waals surface area contributed by atoms with Gasteiger partial charge < -0.3 is 9.47 Å². The zero-order valence-corrected chi connectivity index (χ0v) is 13.8. The van der Waals surface area contributed by atoms with Crippen LogP contribution in [-0.4, -0.2) is 18.5 Å². The third-order valence-corrected chi connectivity index (χ3v) is 3.54. The molecule has 1 atom stereocenters. The molecule has 126 valence electrons. The van der Waals surface area contributed by atoms with Crippen molar-refractivity contribution in [3.8, 4) is 0 Å². The molecule has 0 N–H and O–H groups in total. The topological polar surface area (TPSA) is 52.6 Å². The Bertz CT molecular complexity index is 637. The maximum atomic E-state index is 12.4. The van der Waals surface area contributed by atoms with E-state index in [1.807, 2.05) is 12.1 Å². The van der Waals surface area contributed by atoms with E-state index < -0.39 is 18.0 Å². The Morgan fingerprint density at radius 2 is 1.54 bits per heavy atom. The van der Waals surface area contributed by atoms with Crippen molar-refractivity contribution in [3.05, 3.63) is 71.8 Å². The molecule has 0 aliphatic heterocycles. The van der Waals surface area contributed by atoms with Gasteiger partial charge in [-0.05, 0) is 18.6 Å². The Morgan fingerprint density at radius 3 is 2.17 bits per heavy atom. The normalized spacial score (nSPS) is 11.5. The molecular formula is C20H22O4. The molecular weight excluding hydrogens is 304 g/mol. The van der Waals surface area contributed by atoms with Gasteiger partial charge in [0.1, 0.15) is 0 Å². The van der Waals surface area contributed by atoms with Crippen LogP contribution in [-0.2, 0) is 14.3 Å². The zero-order chi connectivity index (χ0) is 17.2. The van der Waals surface area contributed by atoms with Crippen LogP contribution in [0.4, 0.5) is 0 Å². The number of esters is 2. The summed E-state index contributed by atoms with van der Waals surface area (Å²) in [5.74, 6) is -1.09. The predicted octanol–water partition coefficient (Wildman–Crippen LogP) is 4.32. The van der Waals surface area contributed by atoms with Crippen molar-refractivity contribution in [3.63, 3.8) is 0 Å². The van der Waals surface area contributed by atoms with Gasteiger partial charge in [-0.15, -0.1) is 0 Å². The van der Waals surface area contributed by atoms with E-state index >= 15 is 0 Å². The van der Waals surface area contributed by atoms with Gasteiger partial charge in [-0.25, -0.2) is 9.59 Å². The fraction of sp³-hybridized carbons (Fsp3) is 0.300. The maximum Gasteiger partial charge on any atom is 0.352 e. The Morgan fingerprint density at radius 1 is 0.917 bits per heavy atom. The lowest BCUT2D eigenvalue weighted by atomic mass is 10.1. The lowest BCUT2D eigenvalue weighted by Crippen LogP contribution is -2.22. The Labute approximate surface area is 142 Å². The van der Waals surface area contributed by atoms with Crippen LogP contribution in [0.5, 0.6) is 0 Å². The van der Waals surface area contributed by atoms with Gasteiger partial charge in [-0.3, -0.25) is 0 Å². The molecule has 4 heteroatoms. The minimum absolute atomic E-state index is 0.332. The third-order valence-electron chi connectivity index (χ3n) is 3.54. The summed E-state index contributed by atoms with van der Waals surface area (Å²) >= 11 is 0. The highest BCUT2D eigenvalue weighted by atomic mass is 16.6. The smallest absolute Gasteiger partial charge is 0.352 e. The van der Waals surface area contributed by atoms with Gasteiger partial charge in [0.05, 0.1) is 12.2 Å². The summed E-state index contributed by atoms with van der Waals surface area (Å²) in [5.41, 5.74) is 1.000. The van der Waals surface area contributed by atoms with Crippen molar-refractivity contribution in [1.82, 2.24) is 0 Å². The van der Waals surface area contributed by atoms with Crippen LogP contribution >= 0.6 is 0 Å². The molecule has 0 bridgehead atoms. The lowest BCUT2D eigenvalue weighted by Gasteiger charge is -2.17. The van der Waals surface area contributed by atoms with Crippen molar-refractivity contribution < 1.29 is 19.1 Å². The minimum atomic E-state index is -1.06. The number of rotatable bonds is 8. The molecule has 0 aliphatic rings. The number of carbonyl (C=O) groups excluding carboxylic acids is 2. The first-order valence-electron chi connectivity index (χ1n) is 8.20. The molecule has 4 nitrogen and oxygen atoms in total. The van der Waals surface area contributed by atoms with E-state index in [4.69, 9.17) is 9.47 Å². The molecule has 0 aliphatic carbocycles. The molecule has 0 radical (unpaired) electrons. The first-order chi connectivity index (χ1) is 11.7. The lowest BCUT2D eigenvalue weighted by molar-refractivity contribution is -0.154. The summed E-state index contributed by atoms with van der Waals surface area (Å²) in [6.07, 6.45) is 1.78. The maximum absolute atomic E-state index is 12.4. The van der Waals surface area contributed by atoms with Crippen LogP contribution in [0.1, 0.15) is 48.2 Å². The van der Waals surface area contributed by atoms with Crippen molar-refractivity contribution in [2.24, 2.45) is 0 Å².